The maximum Gasteiger partial charge on any atom is 0.490 e. The van der Waals surface area contributed by atoms with E-state index in [1.165, 1.54) is 6.92 Å². The number of hydrogen-bond acceptors (Lipinski definition) is 4. The molecule has 1 aliphatic rings. The molecule has 0 saturated heterocycles. The zero-order valence-corrected chi connectivity index (χ0v) is 10.2. The molecule has 18 heavy (non-hydrogen) atoms. The standard InChI is InChI=1S/C11H18F3NO3/c1-10(18-9(17)11(12,13)14)4-2-7(3-5-10)8(15)6-16/h7-8,16H,2-6,15H2,1H3/t7?,8-,10?/m0/s1. The summed E-state index contributed by atoms with van der Waals surface area (Å²) in [6.45, 7) is 1.35. The quantitative estimate of drug-likeness (QED) is 0.759. The fraction of sp³-hybridized carbons (Fsp3) is 0.909. The number of ether oxygens (including phenoxy) is 1. The van der Waals surface area contributed by atoms with Crippen molar-refractivity contribution in [2.24, 2.45) is 11.7 Å². The number of esters is 1. The first-order chi connectivity index (χ1) is 8.18. The summed E-state index contributed by atoms with van der Waals surface area (Å²) in [7, 11) is 0. The normalized spacial score (nSPS) is 30.9. The average Bonchev–Trinajstić information content (AvgIpc) is 2.27. The Morgan fingerprint density at radius 1 is 1.50 bits per heavy atom. The van der Waals surface area contributed by atoms with E-state index in [-0.39, 0.29) is 18.6 Å². The van der Waals surface area contributed by atoms with Gasteiger partial charge in [-0.25, -0.2) is 4.79 Å². The van der Waals surface area contributed by atoms with E-state index in [0.717, 1.165) is 0 Å². The highest BCUT2D eigenvalue weighted by Crippen LogP contribution is 2.37. The Hall–Kier alpha value is -0.820. The van der Waals surface area contributed by atoms with Crippen molar-refractivity contribution in [2.45, 2.75) is 50.4 Å². The van der Waals surface area contributed by atoms with Gasteiger partial charge in [0.25, 0.3) is 0 Å². The highest BCUT2D eigenvalue weighted by atomic mass is 19.4. The van der Waals surface area contributed by atoms with Crippen LogP contribution in [0.15, 0.2) is 0 Å². The zero-order chi connectivity index (χ0) is 14.0. The molecular formula is C11H18F3NO3. The molecule has 1 atom stereocenters. The highest BCUT2D eigenvalue weighted by molar-refractivity contribution is 5.76. The lowest BCUT2D eigenvalue weighted by atomic mass is 9.77. The minimum Gasteiger partial charge on any atom is -0.453 e. The molecule has 0 spiro atoms. The van der Waals surface area contributed by atoms with Crippen LogP contribution in [0.4, 0.5) is 13.2 Å². The molecule has 1 fully saturated rings. The SMILES string of the molecule is CC1(OC(=O)C(F)(F)F)CCC([C@@H](N)CO)CC1. The summed E-state index contributed by atoms with van der Waals surface area (Å²) in [5.41, 5.74) is 4.58. The van der Waals surface area contributed by atoms with Gasteiger partial charge in [0.2, 0.25) is 0 Å². The van der Waals surface area contributed by atoms with Crippen molar-refractivity contribution in [2.75, 3.05) is 6.61 Å². The van der Waals surface area contributed by atoms with Crippen molar-refractivity contribution >= 4 is 5.97 Å². The predicted octanol–water partition coefficient (Wildman–Crippen LogP) is 1.36. The maximum absolute atomic E-state index is 12.1. The molecule has 0 aliphatic heterocycles. The fourth-order valence-corrected chi connectivity index (χ4v) is 2.21. The van der Waals surface area contributed by atoms with Crippen LogP contribution in [-0.2, 0) is 9.53 Å². The lowest BCUT2D eigenvalue weighted by molar-refractivity contribution is -0.215. The second-order valence-corrected chi connectivity index (χ2v) is 5.02. The van der Waals surface area contributed by atoms with E-state index in [1.54, 1.807) is 0 Å². The molecule has 0 aromatic heterocycles. The molecule has 1 aliphatic carbocycles. The number of aliphatic hydroxyl groups excluding tert-OH is 1. The molecule has 0 radical (unpaired) electrons. The van der Waals surface area contributed by atoms with Gasteiger partial charge in [0, 0.05) is 6.04 Å². The van der Waals surface area contributed by atoms with E-state index in [9.17, 15) is 18.0 Å². The van der Waals surface area contributed by atoms with Crippen LogP contribution < -0.4 is 5.73 Å². The van der Waals surface area contributed by atoms with E-state index < -0.39 is 17.7 Å². The smallest absolute Gasteiger partial charge is 0.453 e. The number of aliphatic hydroxyl groups is 1. The molecule has 1 rings (SSSR count). The molecule has 0 aromatic rings. The Morgan fingerprint density at radius 2 is 2.00 bits per heavy atom. The van der Waals surface area contributed by atoms with Gasteiger partial charge < -0.3 is 15.6 Å². The van der Waals surface area contributed by atoms with Crippen LogP contribution in [0.3, 0.4) is 0 Å². The number of hydrogen-bond donors (Lipinski definition) is 2. The number of nitrogens with two attached hydrogens (primary N) is 1. The molecule has 0 aromatic carbocycles. The van der Waals surface area contributed by atoms with Crippen molar-refractivity contribution in [1.82, 2.24) is 0 Å². The second kappa shape index (κ2) is 5.44. The predicted molar refractivity (Wildman–Crippen MR) is 57.6 cm³/mol. The van der Waals surface area contributed by atoms with Crippen molar-refractivity contribution in [1.29, 1.82) is 0 Å². The van der Waals surface area contributed by atoms with Crippen LogP contribution >= 0.6 is 0 Å². The number of carbonyl (C=O) groups is 1. The number of alkyl halides is 3. The van der Waals surface area contributed by atoms with E-state index >= 15 is 0 Å². The van der Waals surface area contributed by atoms with Gasteiger partial charge in [0.05, 0.1) is 6.61 Å². The highest BCUT2D eigenvalue weighted by Gasteiger charge is 2.46. The first-order valence-electron chi connectivity index (χ1n) is 5.84. The van der Waals surface area contributed by atoms with Crippen molar-refractivity contribution in [3.05, 3.63) is 0 Å². The molecule has 4 nitrogen and oxygen atoms in total. The topological polar surface area (TPSA) is 72.5 Å². The van der Waals surface area contributed by atoms with E-state index in [2.05, 4.69) is 4.74 Å². The summed E-state index contributed by atoms with van der Waals surface area (Å²) in [4.78, 5) is 10.8. The Balaban J connectivity index is 2.52. The third-order valence-electron chi connectivity index (χ3n) is 3.47. The molecule has 7 heteroatoms. The summed E-state index contributed by atoms with van der Waals surface area (Å²) in [6.07, 6.45) is -3.21. The molecule has 0 bridgehead atoms. The van der Waals surface area contributed by atoms with E-state index in [4.69, 9.17) is 10.8 Å². The van der Waals surface area contributed by atoms with Gasteiger partial charge in [0.1, 0.15) is 5.60 Å². The number of rotatable bonds is 3. The minimum atomic E-state index is -4.96. The molecule has 0 heterocycles. The van der Waals surface area contributed by atoms with Gasteiger partial charge in [-0.05, 0) is 38.5 Å². The van der Waals surface area contributed by atoms with Gasteiger partial charge in [-0.2, -0.15) is 13.2 Å². The average molecular weight is 269 g/mol. The van der Waals surface area contributed by atoms with Gasteiger partial charge in [-0.3, -0.25) is 0 Å². The molecule has 1 saturated carbocycles. The van der Waals surface area contributed by atoms with Crippen LogP contribution in [0.25, 0.3) is 0 Å². The van der Waals surface area contributed by atoms with E-state index in [1.807, 2.05) is 0 Å². The van der Waals surface area contributed by atoms with Crippen LogP contribution in [0.1, 0.15) is 32.6 Å². The molecule has 0 unspecified atom stereocenters. The van der Waals surface area contributed by atoms with Crippen molar-refractivity contribution in [3.63, 3.8) is 0 Å². The Labute approximate surface area is 103 Å². The van der Waals surface area contributed by atoms with Crippen molar-refractivity contribution in [3.8, 4) is 0 Å². The van der Waals surface area contributed by atoms with Crippen LogP contribution in [0, 0.1) is 5.92 Å². The van der Waals surface area contributed by atoms with Crippen LogP contribution in [-0.4, -0.2) is 35.5 Å². The van der Waals surface area contributed by atoms with E-state index in [0.29, 0.717) is 25.7 Å². The van der Waals surface area contributed by atoms with Crippen LogP contribution in [0.2, 0.25) is 0 Å². The first kappa shape index (κ1) is 15.2. The molecule has 0 amide bonds. The molecule has 106 valence electrons. The zero-order valence-electron chi connectivity index (χ0n) is 10.2. The second-order valence-electron chi connectivity index (χ2n) is 5.02. The fourth-order valence-electron chi connectivity index (χ4n) is 2.21. The Morgan fingerprint density at radius 3 is 2.39 bits per heavy atom. The summed E-state index contributed by atoms with van der Waals surface area (Å²) in [5, 5.41) is 8.91. The van der Waals surface area contributed by atoms with Gasteiger partial charge in [0.15, 0.2) is 0 Å². The number of carbonyl (C=O) groups excluding carboxylic acids is 1. The lowest BCUT2D eigenvalue weighted by Crippen LogP contribution is -2.44. The Kier molecular flexibility index (Phi) is 4.61. The van der Waals surface area contributed by atoms with Gasteiger partial charge >= 0.3 is 12.1 Å². The summed E-state index contributed by atoms with van der Waals surface area (Å²) >= 11 is 0. The summed E-state index contributed by atoms with van der Waals surface area (Å²) in [6, 6.07) is -0.368. The monoisotopic (exact) mass is 269 g/mol. The van der Waals surface area contributed by atoms with Crippen molar-refractivity contribution < 1.29 is 27.8 Å². The molecular weight excluding hydrogens is 251 g/mol. The van der Waals surface area contributed by atoms with Gasteiger partial charge in [-0.15, -0.1) is 0 Å². The third kappa shape index (κ3) is 3.84. The molecule has 3 N–H and O–H groups in total. The van der Waals surface area contributed by atoms with Crippen LogP contribution in [0.5, 0.6) is 0 Å². The first-order valence-corrected chi connectivity index (χ1v) is 5.84. The maximum atomic E-state index is 12.1. The third-order valence-corrected chi connectivity index (χ3v) is 3.47. The summed E-state index contributed by atoms with van der Waals surface area (Å²) in [5.74, 6) is -2.08. The lowest BCUT2D eigenvalue weighted by Gasteiger charge is -2.38. The minimum absolute atomic E-state index is 0.0627. The van der Waals surface area contributed by atoms with Gasteiger partial charge in [-0.1, -0.05) is 0 Å². The Bertz CT molecular complexity index is 298. The number of halogens is 3. The largest absolute Gasteiger partial charge is 0.490 e. The summed E-state index contributed by atoms with van der Waals surface area (Å²) < 4.78 is 40.9.